The first-order valence-corrected chi connectivity index (χ1v) is 12.5. The Morgan fingerprint density at radius 1 is 1.08 bits per heavy atom. The van der Waals surface area contributed by atoms with Crippen molar-refractivity contribution in [2.75, 3.05) is 13.2 Å². The van der Waals surface area contributed by atoms with Crippen LogP contribution in [0.4, 0.5) is 13.2 Å². The van der Waals surface area contributed by atoms with Crippen molar-refractivity contribution in [3.8, 4) is 5.75 Å². The quantitative estimate of drug-likeness (QED) is 0.345. The van der Waals surface area contributed by atoms with E-state index in [-0.39, 0.29) is 23.6 Å². The lowest BCUT2D eigenvalue weighted by Crippen LogP contribution is -2.37. The highest BCUT2D eigenvalue weighted by atomic mass is 19.4. The summed E-state index contributed by atoms with van der Waals surface area (Å²) in [5.41, 5.74) is 3.38. The predicted octanol–water partition coefficient (Wildman–Crippen LogP) is 5.33. The van der Waals surface area contributed by atoms with Crippen molar-refractivity contribution in [3.63, 3.8) is 0 Å². The summed E-state index contributed by atoms with van der Waals surface area (Å²) in [6, 6.07) is 13.5. The molecule has 7 nitrogen and oxygen atoms in total. The van der Waals surface area contributed by atoms with Crippen molar-refractivity contribution in [1.82, 2.24) is 14.5 Å². The molecule has 1 aliphatic rings. The molecule has 0 spiro atoms. The van der Waals surface area contributed by atoms with E-state index in [2.05, 4.69) is 4.98 Å². The zero-order valence-electron chi connectivity index (χ0n) is 21.2. The summed E-state index contributed by atoms with van der Waals surface area (Å²) >= 11 is 0. The molecule has 2 aromatic heterocycles. The smallest absolute Gasteiger partial charge is 0.416 e. The molecule has 0 fully saturated rings. The second kappa shape index (κ2) is 10.4. The Morgan fingerprint density at radius 3 is 2.51 bits per heavy atom. The highest BCUT2D eigenvalue weighted by molar-refractivity contribution is 5.91. The molecule has 5 rings (SSSR count). The van der Waals surface area contributed by atoms with Crippen LogP contribution in [0.5, 0.6) is 5.75 Å². The van der Waals surface area contributed by atoms with Crippen LogP contribution in [0.2, 0.25) is 0 Å². The number of alkyl halides is 3. The largest absolute Gasteiger partial charge is 0.493 e. The molecular weight excluding hydrogens is 511 g/mol. The van der Waals surface area contributed by atoms with E-state index in [4.69, 9.17) is 4.74 Å². The van der Waals surface area contributed by atoms with Gasteiger partial charge in [-0.05, 0) is 66.4 Å². The Morgan fingerprint density at radius 2 is 1.82 bits per heavy atom. The molecule has 10 heteroatoms. The fourth-order valence-corrected chi connectivity index (χ4v) is 5.04. The van der Waals surface area contributed by atoms with E-state index in [0.29, 0.717) is 43.8 Å². The lowest BCUT2D eigenvalue weighted by molar-refractivity contribution is -0.137. The number of hydrogen-bond acceptors (Lipinski definition) is 4. The minimum atomic E-state index is -4.41. The Labute approximate surface area is 222 Å². The second-order valence-corrected chi connectivity index (χ2v) is 9.39. The van der Waals surface area contributed by atoms with Crippen molar-refractivity contribution in [3.05, 3.63) is 94.3 Å². The van der Waals surface area contributed by atoms with Gasteiger partial charge in [0.15, 0.2) is 0 Å². The Kier molecular flexibility index (Phi) is 7.03. The van der Waals surface area contributed by atoms with Gasteiger partial charge in [-0.2, -0.15) is 13.2 Å². The molecule has 0 saturated heterocycles. The minimum absolute atomic E-state index is 0.0379. The van der Waals surface area contributed by atoms with Crippen LogP contribution in [0.25, 0.3) is 11.0 Å². The molecule has 2 aromatic carbocycles. The number of rotatable bonds is 7. The number of carboxylic acid groups (broad SMARTS) is 1. The van der Waals surface area contributed by atoms with Crippen LogP contribution in [0, 0.1) is 0 Å². The number of aromatic nitrogens is 2. The van der Waals surface area contributed by atoms with E-state index >= 15 is 0 Å². The summed E-state index contributed by atoms with van der Waals surface area (Å²) in [5, 5.41) is 10.4. The third kappa shape index (κ3) is 5.32. The van der Waals surface area contributed by atoms with Crippen molar-refractivity contribution in [2.45, 2.75) is 39.0 Å². The molecule has 0 radical (unpaired) electrons. The number of hydrogen-bond donors (Lipinski definition) is 1. The molecule has 0 bridgehead atoms. The topological polar surface area (TPSA) is 84.7 Å². The lowest BCUT2D eigenvalue weighted by atomic mass is 10.0. The molecule has 4 aromatic rings. The minimum Gasteiger partial charge on any atom is -0.493 e. The highest BCUT2D eigenvalue weighted by Gasteiger charge is 2.30. The number of amides is 1. The van der Waals surface area contributed by atoms with Gasteiger partial charge in [0.1, 0.15) is 17.0 Å². The van der Waals surface area contributed by atoms with Crippen LogP contribution in [0.1, 0.15) is 45.2 Å². The standard InChI is InChI=1S/C29H26F3N3O4/c1-2-39-25-14-19(7-10-23(25)28(37)38)15-26(36)34-13-11-21-22-4-3-12-33-27(22)35(24(21)17-34)16-18-5-8-20(9-6-18)29(30,31)32/h3-10,12,14H,2,11,13,15-17H2,1H3,(H,37,38). The predicted molar refractivity (Wildman–Crippen MR) is 138 cm³/mol. The molecule has 1 N–H and O–H groups in total. The number of ether oxygens (including phenoxy) is 1. The van der Waals surface area contributed by atoms with E-state index in [9.17, 15) is 27.9 Å². The van der Waals surface area contributed by atoms with Crippen LogP contribution in [0.3, 0.4) is 0 Å². The molecule has 0 unspecified atom stereocenters. The number of carboxylic acids is 1. The SMILES string of the molecule is CCOc1cc(CC(=O)N2CCc3c(n(Cc4ccc(C(F)(F)F)cc4)c4ncccc34)C2)ccc1C(=O)O. The molecular formula is C29H26F3N3O4. The number of halogens is 3. The average molecular weight is 538 g/mol. The van der Waals surface area contributed by atoms with Gasteiger partial charge in [0.25, 0.3) is 0 Å². The zero-order chi connectivity index (χ0) is 27.7. The number of pyridine rings is 1. The third-order valence-corrected chi connectivity index (χ3v) is 6.92. The van der Waals surface area contributed by atoms with E-state index in [0.717, 1.165) is 34.4 Å². The lowest BCUT2D eigenvalue weighted by Gasteiger charge is -2.29. The molecule has 202 valence electrons. The van der Waals surface area contributed by atoms with Gasteiger partial charge in [0, 0.05) is 30.4 Å². The molecule has 0 atom stereocenters. The van der Waals surface area contributed by atoms with E-state index in [1.54, 1.807) is 30.2 Å². The first-order valence-electron chi connectivity index (χ1n) is 12.5. The van der Waals surface area contributed by atoms with E-state index in [1.165, 1.54) is 18.2 Å². The van der Waals surface area contributed by atoms with Crippen molar-refractivity contribution in [2.24, 2.45) is 0 Å². The van der Waals surface area contributed by atoms with E-state index < -0.39 is 17.7 Å². The molecule has 1 amide bonds. The van der Waals surface area contributed by atoms with Crippen molar-refractivity contribution < 1.29 is 32.6 Å². The average Bonchev–Trinajstić information content (AvgIpc) is 3.21. The number of benzene rings is 2. The summed E-state index contributed by atoms with van der Waals surface area (Å²) in [5.74, 6) is -1.00. The van der Waals surface area contributed by atoms with Crippen LogP contribution in [-0.2, 0) is 36.9 Å². The van der Waals surface area contributed by atoms with Crippen molar-refractivity contribution in [1.29, 1.82) is 0 Å². The van der Waals surface area contributed by atoms with Gasteiger partial charge < -0.3 is 19.3 Å². The summed E-state index contributed by atoms with van der Waals surface area (Å²) in [6.45, 7) is 3.21. The molecule has 3 heterocycles. The number of nitrogens with zero attached hydrogens (tertiary/aromatic N) is 3. The van der Waals surface area contributed by atoms with Crippen LogP contribution in [0.15, 0.2) is 60.8 Å². The van der Waals surface area contributed by atoms with E-state index in [1.807, 2.05) is 16.7 Å². The molecule has 1 aliphatic heterocycles. The normalized spacial score (nSPS) is 13.4. The number of carbonyl (C=O) groups is 2. The molecule has 39 heavy (non-hydrogen) atoms. The maximum Gasteiger partial charge on any atom is 0.416 e. The number of aromatic carboxylic acids is 1. The second-order valence-electron chi connectivity index (χ2n) is 9.39. The van der Waals surface area contributed by atoms with Gasteiger partial charge in [-0.15, -0.1) is 0 Å². The zero-order valence-corrected chi connectivity index (χ0v) is 21.2. The van der Waals surface area contributed by atoms with Gasteiger partial charge in [-0.1, -0.05) is 18.2 Å². The van der Waals surface area contributed by atoms with Gasteiger partial charge in [0.05, 0.1) is 25.1 Å². The Bertz CT molecular complexity index is 1540. The fraction of sp³-hybridized carbons (Fsp3) is 0.276. The summed E-state index contributed by atoms with van der Waals surface area (Å²) < 4.78 is 46.5. The van der Waals surface area contributed by atoms with Crippen LogP contribution >= 0.6 is 0 Å². The summed E-state index contributed by atoms with van der Waals surface area (Å²) in [7, 11) is 0. The maximum atomic E-state index is 13.3. The monoisotopic (exact) mass is 537 g/mol. The van der Waals surface area contributed by atoms with Crippen LogP contribution in [-0.4, -0.2) is 44.6 Å². The van der Waals surface area contributed by atoms with Gasteiger partial charge in [-0.3, -0.25) is 4.79 Å². The first-order chi connectivity index (χ1) is 18.7. The van der Waals surface area contributed by atoms with Crippen LogP contribution < -0.4 is 4.74 Å². The number of carbonyl (C=O) groups excluding carboxylic acids is 1. The van der Waals surface area contributed by atoms with Crippen molar-refractivity contribution >= 4 is 22.9 Å². The van der Waals surface area contributed by atoms with Gasteiger partial charge in [-0.25, -0.2) is 9.78 Å². The third-order valence-electron chi connectivity index (χ3n) is 6.92. The van der Waals surface area contributed by atoms with Gasteiger partial charge >= 0.3 is 12.1 Å². The summed E-state index contributed by atoms with van der Waals surface area (Å²) in [6.07, 6.45) is -2.04. The molecule has 0 saturated carbocycles. The number of fused-ring (bicyclic) bond motifs is 3. The van der Waals surface area contributed by atoms with Gasteiger partial charge in [0.2, 0.25) is 5.91 Å². The summed E-state index contributed by atoms with van der Waals surface area (Å²) in [4.78, 5) is 31.1. The Balaban J connectivity index is 1.41. The fourth-order valence-electron chi connectivity index (χ4n) is 5.04. The highest BCUT2D eigenvalue weighted by Crippen LogP contribution is 2.32. The maximum absolute atomic E-state index is 13.3. The first kappa shape index (κ1) is 26.3. The molecule has 0 aliphatic carbocycles. The Hall–Kier alpha value is -4.34.